The van der Waals surface area contributed by atoms with Crippen LogP contribution in [0, 0.1) is 5.92 Å². The van der Waals surface area contributed by atoms with Crippen LogP contribution < -0.4 is 0 Å². The Balaban J connectivity index is 2.68. The SMILES string of the molecule is COC(=O)CN(CC(=O)OC)Cc1noc(CC(C)C)n1. The second-order valence-corrected chi connectivity index (χ2v) is 5.00. The average molecular weight is 299 g/mol. The molecule has 0 amide bonds. The molecule has 21 heavy (non-hydrogen) atoms. The number of aromatic nitrogens is 2. The van der Waals surface area contributed by atoms with E-state index in [2.05, 4.69) is 19.6 Å². The van der Waals surface area contributed by atoms with Gasteiger partial charge < -0.3 is 14.0 Å². The van der Waals surface area contributed by atoms with Gasteiger partial charge in [0.1, 0.15) is 0 Å². The minimum atomic E-state index is -0.454. The predicted molar refractivity (Wildman–Crippen MR) is 72.1 cm³/mol. The standard InChI is InChI=1S/C13H21N3O5/c1-9(2)5-11-14-10(15-21-11)6-16(7-12(17)19-3)8-13(18)20-4/h9H,5-8H2,1-4H3. The number of rotatable bonds is 8. The highest BCUT2D eigenvalue weighted by Crippen LogP contribution is 2.07. The predicted octanol–water partition coefficient (Wildman–Crippen LogP) is 0.416. The van der Waals surface area contributed by atoms with Crippen molar-refractivity contribution >= 4 is 11.9 Å². The molecule has 8 nitrogen and oxygen atoms in total. The van der Waals surface area contributed by atoms with Crippen LogP contribution in [0.5, 0.6) is 0 Å². The fraction of sp³-hybridized carbons (Fsp3) is 0.692. The zero-order valence-electron chi connectivity index (χ0n) is 12.8. The first-order valence-corrected chi connectivity index (χ1v) is 6.62. The summed E-state index contributed by atoms with van der Waals surface area (Å²) in [5, 5.41) is 3.84. The van der Waals surface area contributed by atoms with Crippen molar-refractivity contribution in [2.45, 2.75) is 26.8 Å². The summed E-state index contributed by atoms with van der Waals surface area (Å²) in [5.41, 5.74) is 0. The summed E-state index contributed by atoms with van der Waals surface area (Å²) in [6.07, 6.45) is 0.682. The molecule has 118 valence electrons. The maximum Gasteiger partial charge on any atom is 0.319 e. The lowest BCUT2D eigenvalue weighted by molar-refractivity contribution is -0.145. The van der Waals surface area contributed by atoms with E-state index in [1.165, 1.54) is 19.1 Å². The van der Waals surface area contributed by atoms with E-state index in [0.717, 1.165) is 0 Å². The van der Waals surface area contributed by atoms with Crippen molar-refractivity contribution in [2.75, 3.05) is 27.3 Å². The van der Waals surface area contributed by atoms with E-state index < -0.39 is 11.9 Å². The molecule has 0 bridgehead atoms. The van der Waals surface area contributed by atoms with Crippen LogP contribution in [0.25, 0.3) is 0 Å². The minimum Gasteiger partial charge on any atom is -0.468 e. The van der Waals surface area contributed by atoms with Gasteiger partial charge in [0.2, 0.25) is 5.89 Å². The highest BCUT2D eigenvalue weighted by atomic mass is 16.5. The molecule has 1 heterocycles. The van der Waals surface area contributed by atoms with E-state index in [-0.39, 0.29) is 19.6 Å². The summed E-state index contributed by atoms with van der Waals surface area (Å²) in [5.74, 6) is 0.448. The summed E-state index contributed by atoms with van der Waals surface area (Å²) < 4.78 is 14.3. The van der Waals surface area contributed by atoms with Crippen LogP contribution >= 0.6 is 0 Å². The highest BCUT2D eigenvalue weighted by molar-refractivity contribution is 5.74. The van der Waals surface area contributed by atoms with Crippen molar-refractivity contribution in [3.8, 4) is 0 Å². The van der Waals surface area contributed by atoms with Gasteiger partial charge in [-0.25, -0.2) is 0 Å². The molecular formula is C13H21N3O5. The van der Waals surface area contributed by atoms with Crippen LogP contribution in [-0.2, 0) is 32.0 Å². The quantitative estimate of drug-likeness (QED) is 0.637. The molecule has 1 aromatic rings. The molecule has 0 unspecified atom stereocenters. The summed E-state index contributed by atoms with van der Waals surface area (Å²) in [4.78, 5) is 28.5. The summed E-state index contributed by atoms with van der Waals surface area (Å²) in [6.45, 7) is 4.18. The van der Waals surface area contributed by atoms with Crippen LogP contribution in [-0.4, -0.2) is 54.3 Å². The van der Waals surface area contributed by atoms with Crippen LogP contribution in [0.2, 0.25) is 0 Å². The van der Waals surface area contributed by atoms with E-state index in [0.29, 0.717) is 24.1 Å². The van der Waals surface area contributed by atoms with Crippen LogP contribution in [0.4, 0.5) is 0 Å². The number of methoxy groups -OCH3 is 2. The first-order valence-electron chi connectivity index (χ1n) is 6.62. The molecule has 0 radical (unpaired) electrons. The van der Waals surface area contributed by atoms with Crippen LogP contribution in [0.3, 0.4) is 0 Å². The third-order valence-corrected chi connectivity index (χ3v) is 2.62. The summed E-state index contributed by atoms with van der Waals surface area (Å²) >= 11 is 0. The first kappa shape index (κ1) is 17.1. The van der Waals surface area contributed by atoms with E-state index in [4.69, 9.17) is 4.52 Å². The number of hydrogen-bond acceptors (Lipinski definition) is 8. The van der Waals surface area contributed by atoms with Gasteiger partial charge in [0, 0.05) is 6.42 Å². The summed E-state index contributed by atoms with van der Waals surface area (Å²) in [7, 11) is 2.57. The fourth-order valence-corrected chi connectivity index (χ4v) is 1.65. The van der Waals surface area contributed by atoms with Crippen molar-refractivity contribution in [1.82, 2.24) is 15.0 Å². The minimum absolute atomic E-state index is 0.0559. The normalized spacial score (nSPS) is 11.0. The van der Waals surface area contributed by atoms with E-state index in [1.54, 1.807) is 0 Å². The third kappa shape index (κ3) is 6.35. The average Bonchev–Trinajstić information content (AvgIpc) is 2.84. The lowest BCUT2D eigenvalue weighted by Crippen LogP contribution is -2.35. The molecule has 0 aliphatic rings. The molecule has 1 rings (SSSR count). The van der Waals surface area contributed by atoms with Crippen LogP contribution in [0.1, 0.15) is 25.6 Å². The number of nitrogens with zero attached hydrogens (tertiary/aromatic N) is 3. The molecule has 0 fully saturated rings. The second-order valence-electron chi connectivity index (χ2n) is 5.00. The van der Waals surface area contributed by atoms with Crippen molar-refractivity contribution in [3.63, 3.8) is 0 Å². The Labute approximate surface area is 123 Å². The van der Waals surface area contributed by atoms with Crippen molar-refractivity contribution in [3.05, 3.63) is 11.7 Å². The molecule has 0 atom stereocenters. The Morgan fingerprint density at radius 2 is 1.76 bits per heavy atom. The van der Waals surface area contributed by atoms with Crippen molar-refractivity contribution in [1.29, 1.82) is 0 Å². The van der Waals surface area contributed by atoms with Gasteiger partial charge in [-0.1, -0.05) is 19.0 Å². The van der Waals surface area contributed by atoms with Crippen LogP contribution in [0.15, 0.2) is 4.52 Å². The van der Waals surface area contributed by atoms with Gasteiger partial charge in [-0.3, -0.25) is 14.5 Å². The molecule has 0 aliphatic carbocycles. The Morgan fingerprint density at radius 1 is 1.19 bits per heavy atom. The Kier molecular flexibility index (Phi) is 6.80. The monoisotopic (exact) mass is 299 g/mol. The molecular weight excluding hydrogens is 278 g/mol. The third-order valence-electron chi connectivity index (χ3n) is 2.62. The Morgan fingerprint density at radius 3 is 2.24 bits per heavy atom. The molecule has 0 spiro atoms. The zero-order chi connectivity index (χ0) is 15.8. The number of esters is 2. The fourth-order valence-electron chi connectivity index (χ4n) is 1.65. The maximum atomic E-state index is 11.4. The van der Waals surface area contributed by atoms with Crippen molar-refractivity contribution in [2.24, 2.45) is 5.92 Å². The number of carbonyl (C=O) groups is 2. The van der Waals surface area contributed by atoms with Crippen molar-refractivity contribution < 1.29 is 23.6 Å². The van der Waals surface area contributed by atoms with E-state index in [9.17, 15) is 9.59 Å². The molecule has 0 aromatic carbocycles. The smallest absolute Gasteiger partial charge is 0.319 e. The number of carbonyl (C=O) groups excluding carboxylic acids is 2. The summed E-state index contributed by atoms with van der Waals surface area (Å²) in [6, 6.07) is 0. The number of ether oxygens (including phenoxy) is 2. The first-order chi connectivity index (χ1) is 9.94. The zero-order valence-corrected chi connectivity index (χ0v) is 12.8. The van der Waals surface area contributed by atoms with Gasteiger partial charge in [-0.15, -0.1) is 0 Å². The molecule has 0 saturated carbocycles. The second kappa shape index (κ2) is 8.35. The molecule has 1 aromatic heterocycles. The van der Waals surface area contributed by atoms with Gasteiger partial charge in [0.05, 0.1) is 33.9 Å². The highest BCUT2D eigenvalue weighted by Gasteiger charge is 2.18. The molecule has 8 heteroatoms. The Hall–Kier alpha value is -1.96. The lowest BCUT2D eigenvalue weighted by Gasteiger charge is -2.17. The van der Waals surface area contributed by atoms with Gasteiger partial charge in [-0.05, 0) is 5.92 Å². The van der Waals surface area contributed by atoms with E-state index >= 15 is 0 Å². The Bertz CT molecular complexity index is 454. The molecule has 0 N–H and O–H groups in total. The van der Waals surface area contributed by atoms with Gasteiger partial charge >= 0.3 is 11.9 Å². The van der Waals surface area contributed by atoms with Gasteiger partial charge in [0.15, 0.2) is 5.82 Å². The van der Waals surface area contributed by atoms with Gasteiger partial charge in [-0.2, -0.15) is 4.98 Å². The molecule has 0 saturated heterocycles. The lowest BCUT2D eigenvalue weighted by atomic mass is 10.1. The van der Waals surface area contributed by atoms with E-state index in [1.807, 2.05) is 13.8 Å². The largest absolute Gasteiger partial charge is 0.468 e. The molecule has 0 aliphatic heterocycles. The van der Waals surface area contributed by atoms with Gasteiger partial charge in [0.25, 0.3) is 0 Å². The maximum absolute atomic E-state index is 11.4. The number of hydrogen-bond donors (Lipinski definition) is 0. The topological polar surface area (TPSA) is 94.8 Å².